The van der Waals surface area contributed by atoms with Crippen LogP contribution in [0.25, 0.3) is 0 Å². The average molecular weight is 334 g/mol. The van der Waals surface area contributed by atoms with Crippen LogP contribution in [0.4, 0.5) is 0 Å². The molecule has 2 aromatic rings. The average Bonchev–Trinajstić information content (AvgIpc) is 2.54. The molecule has 0 aliphatic rings. The number of hydrogen-bond acceptors (Lipinski definition) is 3. The molecular weight excluding hydrogens is 314 g/mol. The van der Waals surface area contributed by atoms with Crippen molar-refractivity contribution in [2.24, 2.45) is 0 Å². The highest BCUT2D eigenvalue weighted by molar-refractivity contribution is 6.30. The molecule has 122 valence electrons. The van der Waals surface area contributed by atoms with E-state index in [1.165, 1.54) is 0 Å². The van der Waals surface area contributed by atoms with Crippen LogP contribution >= 0.6 is 11.6 Å². The maximum Gasteiger partial charge on any atom is 0.258 e. The Kier molecular flexibility index (Phi) is 5.88. The van der Waals surface area contributed by atoms with Gasteiger partial charge in [-0.25, -0.2) is 0 Å². The van der Waals surface area contributed by atoms with Crippen LogP contribution in [-0.2, 0) is 4.79 Å². The highest BCUT2D eigenvalue weighted by Crippen LogP contribution is 2.26. The molecule has 0 saturated heterocycles. The van der Waals surface area contributed by atoms with Gasteiger partial charge in [-0.15, -0.1) is 0 Å². The number of carbonyl (C=O) groups is 1. The van der Waals surface area contributed by atoms with E-state index in [4.69, 9.17) is 21.1 Å². The van der Waals surface area contributed by atoms with Crippen LogP contribution in [0.15, 0.2) is 42.5 Å². The summed E-state index contributed by atoms with van der Waals surface area (Å²) in [6.07, 6.45) is 0. The number of halogens is 1. The maximum absolute atomic E-state index is 12.0. The Hall–Kier alpha value is -2.20. The van der Waals surface area contributed by atoms with E-state index in [0.29, 0.717) is 10.8 Å². The minimum absolute atomic E-state index is 0.0555. The van der Waals surface area contributed by atoms with Crippen molar-refractivity contribution in [3.63, 3.8) is 0 Å². The monoisotopic (exact) mass is 333 g/mol. The van der Waals surface area contributed by atoms with Gasteiger partial charge in [-0.2, -0.15) is 0 Å². The summed E-state index contributed by atoms with van der Waals surface area (Å²) in [7, 11) is 1.62. The molecule has 23 heavy (non-hydrogen) atoms. The molecule has 0 fully saturated rings. The first-order valence-electron chi connectivity index (χ1n) is 7.32. The molecule has 0 bridgehead atoms. The predicted molar refractivity (Wildman–Crippen MR) is 91.2 cm³/mol. The molecule has 1 amide bonds. The van der Waals surface area contributed by atoms with Gasteiger partial charge in [0.05, 0.1) is 13.2 Å². The molecule has 2 rings (SSSR count). The van der Waals surface area contributed by atoms with Gasteiger partial charge in [-0.05, 0) is 44.2 Å². The number of amides is 1. The van der Waals surface area contributed by atoms with Gasteiger partial charge in [0.25, 0.3) is 5.91 Å². The van der Waals surface area contributed by atoms with Crippen molar-refractivity contribution in [2.75, 3.05) is 13.7 Å². The number of aryl methyl sites for hydroxylation is 1. The minimum atomic E-state index is -0.198. The summed E-state index contributed by atoms with van der Waals surface area (Å²) in [5.74, 6) is 1.16. The lowest BCUT2D eigenvalue weighted by Gasteiger charge is -2.18. The Balaban J connectivity index is 1.94. The molecule has 0 aromatic heterocycles. The number of rotatable bonds is 6. The summed E-state index contributed by atoms with van der Waals surface area (Å²) < 4.78 is 10.8. The molecular formula is C18H20ClNO3. The Morgan fingerprint density at radius 3 is 2.57 bits per heavy atom. The second-order valence-corrected chi connectivity index (χ2v) is 5.71. The van der Waals surface area contributed by atoms with E-state index < -0.39 is 0 Å². The van der Waals surface area contributed by atoms with E-state index in [2.05, 4.69) is 5.32 Å². The van der Waals surface area contributed by atoms with Gasteiger partial charge in [0, 0.05) is 10.6 Å². The zero-order valence-corrected chi connectivity index (χ0v) is 14.2. The summed E-state index contributed by atoms with van der Waals surface area (Å²) in [4.78, 5) is 12.0. The third-order valence-electron chi connectivity index (χ3n) is 3.41. The number of ether oxygens (including phenoxy) is 2. The summed E-state index contributed by atoms with van der Waals surface area (Å²) >= 11 is 5.81. The summed E-state index contributed by atoms with van der Waals surface area (Å²) in [5, 5.41) is 3.54. The van der Waals surface area contributed by atoms with Crippen LogP contribution in [-0.4, -0.2) is 19.6 Å². The van der Waals surface area contributed by atoms with Crippen molar-refractivity contribution in [2.45, 2.75) is 19.9 Å². The summed E-state index contributed by atoms with van der Waals surface area (Å²) in [5.41, 5.74) is 2.05. The molecule has 1 atom stereocenters. The highest BCUT2D eigenvalue weighted by Gasteiger charge is 2.14. The fourth-order valence-corrected chi connectivity index (χ4v) is 2.36. The normalized spacial score (nSPS) is 11.7. The van der Waals surface area contributed by atoms with Crippen LogP contribution in [0.3, 0.4) is 0 Å². The Morgan fingerprint density at radius 1 is 1.22 bits per heavy atom. The largest absolute Gasteiger partial charge is 0.496 e. The maximum atomic E-state index is 12.0. The second-order valence-electron chi connectivity index (χ2n) is 5.28. The van der Waals surface area contributed by atoms with E-state index in [1.54, 1.807) is 31.4 Å². The number of carbonyl (C=O) groups excluding carboxylic acids is 1. The van der Waals surface area contributed by atoms with Crippen LogP contribution in [0.5, 0.6) is 11.5 Å². The fourth-order valence-electron chi connectivity index (χ4n) is 2.23. The number of nitrogens with one attached hydrogen (secondary N) is 1. The van der Waals surface area contributed by atoms with Crippen molar-refractivity contribution >= 4 is 17.5 Å². The molecule has 0 aliphatic heterocycles. The molecule has 1 N–H and O–H groups in total. The van der Waals surface area contributed by atoms with Gasteiger partial charge < -0.3 is 14.8 Å². The summed E-state index contributed by atoms with van der Waals surface area (Å²) in [6, 6.07) is 12.6. The quantitative estimate of drug-likeness (QED) is 0.871. The van der Waals surface area contributed by atoms with Crippen LogP contribution < -0.4 is 14.8 Å². The lowest BCUT2D eigenvalue weighted by Crippen LogP contribution is -2.31. The first-order chi connectivity index (χ1) is 11.0. The molecule has 0 radical (unpaired) electrons. The fraction of sp³-hybridized carbons (Fsp3) is 0.278. The molecule has 4 nitrogen and oxygen atoms in total. The zero-order valence-electron chi connectivity index (χ0n) is 13.4. The van der Waals surface area contributed by atoms with E-state index in [0.717, 1.165) is 16.9 Å². The van der Waals surface area contributed by atoms with Crippen molar-refractivity contribution in [3.8, 4) is 11.5 Å². The van der Waals surface area contributed by atoms with Crippen LogP contribution in [0, 0.1) is 6.92 Å². The van der Waals surface area contributed by atoms with Crippen LogP contribution in [0.2, 0.25) is 5.02 Å². The van der Waals surface area contributed by atoms with E-state index in [-0.39, 0.29) is 18.6 Å². The van der Waals surface area contributed by atoms with Gasteiger partial charge in [-0.3, -0.25) is 4.79 Å². The standard InChI is InChI=1S/C18H20ClNO3/c1-12-4-9-17(22-3)16(10-12)13(2)20-18(21)11-23-15-7-5-14(19)6-8-15/h4-10,13H,11H2,1-3H3,(H,20,21)/t13-/m0/s1. The molecule has 0 unspecified atom stereocenters. The van der Waals surface area contributed by atoms with Crippen molar-refractivity contribution in [1.29, 1.82) is 0 Å². The molecule has 0 saturated carbocycles. The minimum Gasteiger partial charge on any atom is -0.496 e. The van der Waals surface area contributed by atoms with Gasteiger partial charge in [-0.1, -0.05) is 29.3 Å². The first-order valence-corrected chi connectivity index (χ1v) is 7.69. The predicted octanol–water partition coefficient (Wildman–Crippen LogP) is 3.91. The zero-order chi connectivity index (χ0) is 16.8. The number of hydrogen-bond donors (Lipinski definition) is 1. The SMILES string of the molecule is COc1ccc(C)cc1[C@H](C)NC(=O)COc1ccc(Cl)cc1. The number of benzene rings is 2. The van der Waals surface area contributed by atoms with Crippen molar-refractivity contribution < 1.29 is 14.3 Å². The lowest BCUT2D eigenvalue weighted by molar-refractivity contribution is -0.123. The van der Waals surface area contributed by atoms with Gasteiger partial charge in [0.2, 0.25) is 0 Å². The highest BCUT2D eigenvalue weighted by atomic mass is 35.5. The molecule has 0 aliphatic carbocycles. The van der Waals surface area contributed by atoms with Crippen molar-refractivity contribution in [1.82, 2.24) is 5.32 Å². The van der Waals surface area contributed by atoms with E-state index >= 15 is 0 Å². The lowest BCUT2D eigenvalue weighted by atomic mass is 10.0. The Labute approximate surface area is 141 Å². The smallest absolute Gasteiger partial charge is 0.258 e. The van der Waals surface area contributed by atoms with E-state index in [1.807, 2.05) is 32.0 Å². The molecule has 0 spiro atoms. The topological polar surface area (TPSA) is 47.6 Å². The van der Waals surface area contributed by atoms with Crippen molar-refractivity contribution in [3.05, 3.63) is 58.6 Å². The molecule has 2 aromatic carbocycles. The van der Waals surface area contributed by atoms with Gasteiger partial charge in [0.1, 0.15) is 11.5 Å². The van der Waals surface area contributed by atoms with Gasteiger partial charge >= 0.3 is 0 Å². The summed E-state index contributed by atoms with van der Waals surface area (Å²) in [6.45, 7) is 3.86. The first kappa shape index (κ1) is 17.2. The molecule has 5 heteroatoms. The van der Waals surface area contributed by atoms with Crippen LogP contribution in [0.1, 0.15) is 24.1 Å². The third-order valence-corrected chi connectivity index (χ3v) is 3.66. The molecule has 0 heterocycles. The third kappa shape index (κ3) is 4.89. The second kappa shape index (κ2) is 7.88. The Bertz CT molecular complexity index is 670. The Morgan fingerprint density at radius 2 is 1.91 bits per heavy atom. The van der Waals surface area contributed by atoms with E-state index in [9.17, 15) is 4.79 Å². The number of methoxy groups -OCH3 is 1. The van der Waals surface area contributed by atoms with Gasteiger partial charge in [0.15, 0.2) is 6.61 Å².